The first kappa shape index (κ1) is 8.05. The van der Waals surface area contributed by atoms with Crippen LogP contribution in [0.2, 0.25) is 0 Å². The van der Waals surface area contributed by atoms with E-state index in [1.165, 1.54) is 5.57 Å². The summed E-state index contributed by atoms with van der Waals surface area (Å²) in [5.41, 5.74) is 2.26. The highest BCUT2D eigenvalue weighted by atomic mass is 16.2. The Morgan fingerprint density at radius 3 is 2.64 bits per heavy atom. The van der Waals surface area contributed by atoms with Gasteiger partial charge in [-0.25, -0.2) is 0 Å². The zero-order valence-corrected chi connectivity index (χ0v) is 7.05. The van der Waals surface area contributed by atoms with Crippen LogP contribution < -0.4 is 0 Å². The predicted molar refractivity (Wildman–Crippen MR) is 44.9 cm³/mol. The molecule has 0 N–H and O–H groups in total. The third-order valence-electron chi connectivity index (χ3n) is 2.10. The fourth-order valence-corrected chi connectivity index (χ4v) is 1.40. The SMILES string of the molecule is C=CC1=C(C)N(C(C)=O)CC1. The Balaban J connectivity index is 2.85. The lowest BCUT2D eigenvalue weighted by Gasteiger charge is -2.14. The molecule has 0 saturated carbocycles. The highest BCUT2D eigenvalue weighted by Crippen LogP contribution is 2.22. The van der Waals surface area contributed by atoms with Crippen molar-refractivity contribution in [1.82, 2.24) is 4.90 Å². The summed E-state index contributed by atoms with van der Waals surface area (Å²) in [6.07, 6.45) is 2.78. The van der Waals surface area contributed by atoms with Crippen molar-refractivity contribution in [2.24, 2.45) is 0 Å². The lowest BCUT2D eigenvalue weighted by Crippen LogP contribution is -2.23. The molecule has 60 valence electrons. The molecule has 0 aromatic heterocycles. The van der Waals surface area contributed by atoms with Crippen LogP contribution in [-0.2, 0) is 4.79 Å². The zero-order valence-electron chi connectivity index (χ0n) is 7.05. The van der Waals surface area contributed by atoms with Crippen LogP contribution in [0.5, 0.6) is 0 Å². The van der Waals surface area contributed by atoms with Gasteiger partial charge in [-0.05, 0) is 18.9 Å². The van der Waals surface area contributed by atoms with E-state index in [9.17, 15) is 4.79 Å². The van der Waals surface area contributed by atoms with E-state index in [0.717, 1.165) is 18.7 Å². The molecule has 0 unspecified atom stereocenters. The number of hydrogen-bond donors (Lipinski definition) is 0. The molecule has 0 atom stereocenters. The van der Waals surface area contributed by atoms with Crippen LogP contribution in [0.25, 0.3) is 0 Å². The van der Waals surface area contributed by atoms with Crippen LogP contribution in [-0.4, -0.2) is 17.4 Å². The minimum Gasteiger partial charge on any atom is -0.316 e. The van der Waals surface area contributed by atoms with Gasteiger partial charge in [0.25, 0.3) is 0 Å². The maximum atomic E-state index is 11.0. The zero-order chi connectivity index (χ0) is 8.43. The van der Waals surface area contributed by atoms with E-state index in [0.29, 0.717) is 0 Å². The van der Waals surface area contributed by atoms with Gasteiger partial charge in [0.2, 0.25) is 5.91 Å². The molecule has 1 amide bonds. The molecule has 0 saturated heterocycles. The van der Waals surface area contributed by atoms with Crippen LogP contribution in [0.1, 0.15) is 20.3 Å². The van der Waals surface area contributed by atoms with Crippen molar-refractivity contribution in [1.29, 1.82) is 0 Å². The van der Waals surface area contributed by atoms with Gasteiger partial charge in [-0.15, -0.1) is 0 Å². The number of carbonyl (C=O) groups is 1. The van der Waals surface area contributed by atoms with Crippen LogP contribution in [0.15, 0.2) is 23.9 Å². The van der Waals surface area contributed by atoms with Crippen LogP contribution in [0, 0.1) is 0 Å². The second kappa shape index (κ2) is 2.91. The number of hydrogen-bond acceptors (Lipinski definition) is 1. The van der Waals surface area contributed by atoms with Gasteiger partial charge in [-0.3, -0.25) is 4.79 Å². The summed E-state index contributed by atoms with van der Waals surface area (Å²) >= 11 is 0. The molecule has 1 aliphatic rings. The van der Waals surface area contributed by atoms with Crippen molar-refractivity contribution >= 4 is 5.91 Å². The Morgan fingerprint density at radius 2 is 2.36 bits per heavy atom. The lowest BCUT2D eigenvalue weighted by molar-refractivity contribution is -0.126. The minimum absolute atomic E-state index is 0.124. The van der Waals surface area contributed by atoms with Gasteiger partial charge < -0.3 is 4.90 Å². The summed E-state index contributed by atoms with van der Waals surface area (Å²) in [6.45, 7) is 8.07. The van der Waals surface area contributed by atoms with Crippen molar-refractivity contribution in [2.75, 3.05) is 6.54 Å². The van der Waals surface area contributed by atoms with Crippen molar-refractivity contribution in [2.45, 2.75) is 20.3 Å². The highest BCUT2D eigenvalue weighted by molar-refractivity contribution is 5.76. The molecular formula is C9H13NO. The summed E-state index contributed by atoms with van der Waals surface area (Å²) in [5, 5.41) is 0. The van der Waals surface area contributed by atoms with E-state index in [2.05, 4.69) is 6.58 Å². The average Bonchev–Trinajstić information content (AvgIpc) is 2.30. The lowest BCUT2D eigenvalue weighted by atomic mass is 10.2. The number of nitrogens with zero attached hydrogens (tertiary/aromatic N) is 1. The standard InChI is InChI=1S/C9H13NO/c1-4-9-5-6-10(7(9)2)8(3)11/h4H,1,5-6H2,2-3H3. The normalized spacial score (nSPS) is 17.5. The molecule has 2 heteroatoms. The fraction of sp³-hybridized carbons (Fsp3) is 0.444. The molecule has 0 spiro atoms. The summed E-state index contributed by atoms with van der Waals surface area (Å²) in [5.74, 6) is 0.124. The van der Waals surface area contributed by atoms with Crippen molar-refractivity contribution in [3.8, 4) is 0 Å². The van der Waals surface area contributed by atoms with Gasteiger partial charge >= 0.3 is 0 Å². The third kappa shape index (κ3) is 1.34. The third-order valence-corrected chi connectivity index (χ3v) is 2.10. The first-order valence-electron chi connectivity index (χ1n) is 3.77. The Kier molecular flexibility index (Phi) is 2.13. The van der Waals surface area contributed by atoms with Gasteiger partial charge in [0.05, 0.1) is 0 Å². The molecule has 1 rings (SSSR count). The van der Waals surface area contributed by atoms with Crippen LogP contribution >= 0.6 is 0 Å². The van der Waals surface area contributed by atoms with E-state index < -0.39 is 0 Å². The number of allylic oxidation sites excluding steroid dienone is 2. The quantitative estimate of drug-likeness (QED) is 0.558. The maximum Gasteiger partial charge on any atom is 0.223 e. The topological polar surface area (TPSA) is 20.3 Å². The van der Waals surface area contributed by atoms with Gasteiger partial charge in [0.15, 0.2) is 0 Å². The van der Waals surface area contributed by atoms with Crippen molar-refractivity contribution in [3.05, 3.63) is 23.9 Å². The van der Waals surface area contributed by atoms with Crippen molar-refractivity contribution < 1.29 is 4.79 Å². The van der Waals surface area contributed by atoms with Crippen LogP contribution in [0.4, 0.5) is 0 Å². The first-order valence-corrected chi connectivity index (χ1v) is 3.77. The number of rotatable bonds is 1. The smallest absolute Gasteiger partial charge is 0.223 e. The van der Waals surface area contributed by atoms with Gasteiger partial charge in [-0.1, -0.05) is 12.7 Å². The van der Waals surface area contributed by atoms with Gasteiger partial charge in [0.1, 0.15) is 0 Å². The van der Waals surface area contributed by atoms with E-state index in [4.69, 9.17) is 0 Å². The Bertz CT molecular complexity index is 228. The van der Waals surface area contributed by atoms with Gasteiger partial charge in [-0.2, -0.15) is 0 Å². The van der Waals surface area contributed by atoms with E-state index in [-0.39, 0.29) is 5.91 Å². The maximum absolute atomic E-state index is 11.0. The molecule has 0 radical (unpaired) electrons. The van der Waals surface area contributed by atoms with Crippen LogP contribution in [0.3, 0.4) is 0 Å². The molecule has 0 aromatic rings. The molecule has 1 heterocycles. The van der Waals surface area contributed by atoms with Gasteiger partial charge in [0, 0.05) is 19.2 Å². The molecule has 0 bridgehead atoms. The molecular weight excluding hydrogens is 138 g/mol. The highest BCUT2D eigenvalue weighted by Gasteiger charge is 2.19. The fourth-order valence-electron chi connectivity index (χ4n) is 1.40. The summed E-state index contributed by atoms with van der Waals surface area (Å²) in [4.78, 5) is 12.8. The monoisotopic (exact) mass is 151 g/mol. The molecule has 0 aromatic carbocycles. The summed E-state index contributed by atoms with van der Waals surface area (Å²) < 4.78 is 0. The Hall–Kier alpha value is -1.05. The molecule has 11 heavy (non-hydrogen) atoms. The summed E-state index contributed by atoms with van der Waals surface area (Å²) in [6, 6.07) is 0. The minimum atomic E-state index is 0.124. The van der Waals surface area contributed by atoms with Crippen molar-refractivity contribution in [3.63, 3.8) is 0 Å². The number of carbonyl (C=O) groups excluding carboxylic acids is 1. The predicted octanol–water partition coefficient (Wildman–Crippen LogP) is 1.70. The number of amides is 1. The molecule has 2 nitrogen and oxygen atoms in total. The summed E-state index contributed by atoms with van der Waals surface area (Å²) in [7, 11) is 0. The molecule has 1 aliphatic heterocycles. The Labute approximate surface area is 67.2 Å². The van der Waals surface area contributed by atoms with E-state index in [1.807, 2.05) is 13.0 Å². The largest absolute Gasteiger partial charge is 0.316 e. The van der Waals surface area contributed by atoms with E-state index >= 15 is 0 Å². The second-order valence-electron chi connectivity index (χ2n) is 2.74. The first-order chi connectivity index (χ1) is 5.16. The molecule has 0 aliphatic carbocycles. The average molecular weight is 151 g/mol. The molecule has 0 fully saturated rings. The second-order valence-corrected chi connectivity index (χ2v) is 2.74. The Morgan fingerprint density at radius 1 is 1.73 bits per heavy atom. The van der Waals surface area contributed by atoms with E-state index in [1.54, 1.807) is 11.8 Å².